The predicted molar refractivity (Wildman–Crippen MR) is 178 cm³/mol. The number of rotatable bonds is 8. The van der Waals surface area contributed by atoms with Gasteiger partial charge in [0.15, 0.2) is 20.2 Å². The summed E-state index contributed by atoms with van der Waals surface area (Å²) in [5.41, 5.74) is -6.52. The number of pyridine rings is 2. The Kier molecular flexibility index (Phi) is 17.1. The SMILES string of the molecule is CN([C@H](c1ccccc1)c1ccccn1)[C@@H]1CCCC[C@H]1N(C)[C@H](c1ccccc1)c1ccccn1.O=S(=O)([O-])C(F)(F)F.O=S(=O)([O-])C(F)(F)F.[Mn+2]. The van der Waals surface area contributed by atoms with E-state index in [-0.39, 0.29) is 29.2 Å². The van der Waals surface area contributed by atoms with Gasteiger partial charge in [-0.2, -0.15) is 26.3 Å². The third-order valence-electron chi connectivity index (χ3n) is 8.29. The van der Waals surface area contributed by atoms with Crippen LogP contribution < -0.4 is 0 Å². The number of hydrogen-bond donors (Lipinski definition) is 0. The summed E-state index contributed by atoms with van der Waals surface area (Å²) in [6.07, 6.45) is 8.67. The quantitative estimate of drug-likeness (QED) is 0.0821. The van der Waals surface area contributed by atoms with Crippen LogP contribution in [0.15, 0.2) is 109 Å². The summed E-state index contributed by atoms with van der Waals surface area (Å²) < 4.78 is 118. The number of nitrogens with zero attached hydrogens (tertiary/aromatic N) is 4. The van der Waals surface area contributed by atoms with Crippen LogP contribution in [-0.4, -0.2) is 82.9 Å². The van der Waals surface area contributed by atoms with E-state index in [1.54, 1.807) is 0 Å². The first-order valence-electron chi connectivity index (χ1n) is 15.6. The molecule has 2 heterocycles. The van der Waals surface area contributed by atoms with Gasteiger partial charge in [0, 0.05) is 24.5 Å². The maximum absolute atomic E-state index is 10.7. The minimum Gasteiger partial charge on any atom is -0.741 e. The van der Waals surface area contributed by atoms with Gasteiger partial charge in [0.2, 0.25) is 0 Å². The second-order valence-corrected chi connectivity index (χ2v) is 14.4. The van der Waals surface area contributed by atoms with Crippen LogP contribution in [-0.2, 0) is 37.3 Å². The van der Waals surface area contributed by atoms with Crippen LogP contribution in [0.2, 0.25) is 0 Å². The van der Waals surface area contributed by atoms with Crippen LogP contribution in [0.1, 0.15) is 60.3 Å². The van der Waals surface area contributed by atoms with E-state index in [0.717, 1.165) is 11.4 Å². The van der Waals surface area contributed by atoms with Gasteiger partial charge in [-0.25, -0.2) is 16.8 Å². The van der Waals surface area contributed by atoms with Crippen molar-refractivity contribution in [2.75, 3.05) is 14.1 Å². The van der Waals surface area contributed by atoms with Crippen molar-refractivity contribution in [3.8, 4) is 0 Å². The van der Waals surface area contributed by atoms with E-state index in [1.165, 1.54) is 36.8 Å². The van der Waals surface area contributed by atoms with Crippen molar-refractivity contribution in [3.05, 3.63) is 132 Å². The summed E-state index contributed by atoms with van der Waals surface area (Å²) in [7, 11) is -7.59. The molecule has 0 unspecified atom stereocenters. The molecule has 10 nitrogen and oxygen atoms in total. The van der Waals surface area contributed by atoms with Crippen LogP contribution >= 0.6 is 0 Å². The molecule has 0 amide bonds. The van der Waals surface area contributed by atoms with Gasteiger partial charge in [0.25, 0.3) is 0 Å². The van der Waals surface area contributed by atoms with E-state index in [9.17, 15) is 26.3 Å². The first kappa shape index (κ1) is 45.7. The van der Waals surface area contributed by atoms with E-state index in [0.29, 0.717) is 12.1 Å². The summed E-state index contributed by atoms with van der Waals surface area (Å²) in [6.45, 7) is 0. The second-order valence-electron chi connectivity index (χ2n) is 11.7. The zero-order chi connectivity index (χ0) is 38.7. The molecular formula is C34H36F6MnN4O6S2. The smallest absolute Gasteiger partial charge is 0.741 e. The molecule has 1 aliphatic carbocycles. The molecule has 1 radical (unpaired) electrons. The average Bonchev–Trinajstić information content (AvgIpc) is 3.09. The molecule has 0 spiro atoms. The first-order valence-corrected chi connectivity index (χ1v) is 18.5. The number of alkyl halides is 6. The maximum atomic E-state index is 10.7. The fraction of sp³-hybridized carbons (Fsp3) is 0.353. The zero-order valence-electron chi connectivity index (χ0n) is 28.2. The third-order valence-corrected chi connectivity index (χ3v) is 9.42. The van der Waals surface area contributed by atoms with Crippen molar-refractivity contribution >= 4 is 20.2 Å². The number of halogens is 6. The number of hydrogen-bond acceptors (Lipinski definition) is 10. The van der Waals surface area contributed by atoms with Gasteiger partial charge in [0.1, 0.15) is 0 Å². The van der Waals surface area contributed by atoms with E-state index in [4.69, 9.17) is 35.9 Å². The Balaban J connectivity index is 0.000000480. The van der Waals surface area contributed by atoms with Crippen molar-refractivity contribution in [3.63, 3.8) is 0 Å². The number of aromatic nitrogens is 2. The van der Waals surface area contributed by atoms with E-state index < -0.39 is 31.3 Å². The van der Waals surface area contributed by atoms with Gasteiger partial charge in [0.05, 0.1) is 23.5 Å². The Morgan fingerprint density at radius 2 is 0.868 bits per heavy atom. The van der Waals surface area contributed by atoms with Gasteiger partial charge >= 0.3 is 28.1 Å². The predicted octanol–water partition coefficient (Wildman–Crippen LogP) is 6.63. The Morgan fingerprint density at radius 1 is 0.585 bits per heavy atom. The van der Waals surface area contributed by atoms with Gasteiger partial charge in [-0.3, -0.25) is 19.8 Å². The molecule has 0 aliphatic heterocycles. The zero-order valence-corrected chi connectivity index (χ0v) is 31.0. The molecule has 2 aromatic heterocycles. The van der Waals surface area contributed by atoms with Crippen molar-refractivity contribution in [2.24, 2.45) is 0 Å². The van der Waals surface area contributed by atoms with E-state index in [2.05, 4.69) is 109 Å². The molecule has 0 saturated heterocycles. The van der Waals surface area contributed by atoms with Gasteiger partial charge in [-0.1, -0.05) is 85.6 Å². The van der Waals surface area contributed by atoms with E-state index >= 15 is 0 Å². The molecule has 53 heavy (non-hydrogen) atoms. The normalized spacial score (nSPS) is 17.7. The topological polar surface area (TPSA) is 147 Å². The molecule has 1 fully saturated rings. The third kappa shape index (κ3) is 13.1. The van der Waals surface area contributed by atoms with Crippen LogP contribution in [0.5, 0.6) is 0 Å². The summed E-state index contributed by atoms with van der Waals surface area (Å²) in [5.74, 6) is 0. The molecule has 1 aliphatic rings. The van der Waals surface area contributed by atoms with Crippen LogP contribution in [0, 0.1) is 0 Å². The summed E-state index contributed by atoms with van der Waals surface area (Å²) >= 11 is 0. The molecule has 289 valence electrons. The first-order chi connectivity index (χ1) is 24.2. The molecule has 4 atom stereocenters. The molecule has 4 aromatic rings. The molecule has 0 N–H and O–H groups in total. The number of likely N-dealkylation sites (N-methyl/N-ethyl adjacent to an activating group) is 2. The average molecular weight is 830 g/mol. The molecule has 1 saturated carbocycles. The van der Waals surface area contributed by atoms with Crippen LogP contribution in [0.3, 0.4) is 0 Å². The van der Waals surface area contributed by atoms with Crippen LogP contribution in [0.25, 0.3) is 0 Å². The Hall–Kier alpha value is -3.42. The minimum atomic E-state index is -6.09. The fourth-order valence-electron chi connectivity index (χ4n) is 6.00. The molecule has 2 aromatic carbocycles. The standard InChI is InChI=1S/C32H36N4.2CHF3O3S.Mn/c1-35(31(25-15-5-3-6-16-25)27-19-11-13-23-33-27)29-21-9-10-22-30(29)36(2)32(26-17-7-4-8-18-26)28-20-12-14-24-34-28;2*2-1(3,4)8(5,6)7;/h3-8,11-20,23-24,29-32H,9-10,21-22H2,1-2H3;2*(H,5,6,7);/q;;;+2/p-2/t29-,30-,31-,32-;;;/m1.../s1. The van der Waals surface area contributed by atoms with E-state index in [1.807, 2.05) is 24.5 Å². The van der Waals surface area contributed by atoms with Crippen molar-refractivity contribution in [2.45, 2.75) is 60.9 Å². The Bertz CT molecular complexity index is 1670. The molecule has 19 heteroatoms. The minimum absolute atomic E-state index is 0. The maximum Gasteiger partial charge on any atom is 2.00 e. The van der Waals surface area contributed by atoms with Gasteiger partial charge in [-0.15, -0.1) is 0 Å². The summed E-state index contributed by atoms with van der Waals surface area (Å²) in [5, 5.41) is 0. The monoisotopic (exact) mass is 829 g/mol. The fourth-order valence-corrected chi connectivity index (χ4v) is 6.00. The van der Waals surface area contributed by atoms with Crippen molar-refractivity contribution in [1.82, 2.24) is 19.8 Å². The summed E-state index contributed by atoms with van der Waals surface area (Å²) in [6, 6.07) is 35.2. The van der Waals surface area contributed by atoms with Crippen LogP contribution in [0.4, 0.5) is 26.3 Å². The van der Waals surface area contributed by atoms with Gasteiger partial charge < -0.3 is 9.11 Å². The largest absolute Gasteiger partial charge is 2.00 e. The Morgan fingerprint density at radius 3 is 1.11 bits per heavy atom. The Labute approximate surface area is 315 Å². The summed E-state index contributed by atoms with van der Waals surface area (Å²) in [4.78, 5) is 14.8. The second kappa shape index (κ2) is 19.8. The number of benzene rings is 2. The molecule has 0 bridgehead atoms. The molecule has 5 rings (SSSR count). The van der Waals surface area contributed by atoms with Gasteiger partial charge in [-0.05, 0) is 62.3 Å². The van der Waals surface area contributed by atoms with Crippen molar-refractivity contribution < 1.29 is 69.4 Å². The van der Waals surface area contributed by atoms with Crippen molar-refractivity contribution in [1.29, 1.82) is 0 Å². The molecular weight excluding hydrogens is 793 g/mol.